The molecule has 0 spiro atoms. The van der Waals surface area contributed by atoms with Crippen molar-refractivity contribution in [3.63, 3.8) is 0 Å². The van der Waals surface area contributed by atoms with Gasteiger partial charge in [0.05, 0.1) is 6.04 Å². The van der Waals surface area contributed by atoms with Gasteiger partial charge in [-0.1, -0.05) is 0 Å². The van der Waals surface area contributed by atoms with Crippen LogP contribution in [0.25, 0.3) is 16.7 Å². The second kappa shape index (κ2) is 13.8. The smallest absolute Gasteiger partial charge is 0.286 e. The summed E-state index contributed by atoms with van der Waals surface area (Å²) in [5.74, 6) is -1.74. The summed E-state index contributed by atoms with van der Waals surface area (Å²) in [7, 11) is 0. The van der Waals surface area contributed by atoms with E-state index in [2.05, 4.69) is 36.1 Å². The van der Waals surface area contributed by atoms with Gasteiger partial charge in [-0.3, -0.25) is 19.3 Å². The number of H-pyrrole nitrogens is 1. The summed E-state index contributed by atoms with van der Waals surface area (Å²) in [6, 6.07) is 9.94. The van der Waals surface area contributed by atoms with Crippen molar-refractivity contribution in [1.82, 2.24) is 30.0 Å². The molecule has 16 heteroatoms. The highest BCUT2D eigenvalue weighted by molar-refractivity contribution is 6.02. The molecule has 230 valence electrons. The van der Waals surface area contributed by atoms with Crippen LogP contribution in [0.15, 0.2) is 71.9 Å². The molecule has 1 saturated heterocycles. The van der Waals surface area contributed by atoms with Crippen molar-refractivity contribution in [1.29, 1.82) is 0 Å². The van der Waals surface area contributed by atoms with Gasteiger partial charge in [0.25, 0.3) is 11.5 Å². The first-order valence-corrected chi connectivity index (χ1v) is 12.9. The van der Waals surface area contributed by atoms with Gasteiger partial charge in [0.2, 0.25) is 0 Å². The van der Waals surface area contributed by atoms with E-state index in [1.165, 1.54) is 61.1 Å². The highest BCUT2D eigenvalue weighted by Gasteiger charge is 2.26. The van der Waals surface area contributed by atoms with E-state index in [-0.39, 0.29) is 48.5 Å². The molecule has 6 rings (SSSR count). The van der Waals surface area contributed by atoms with Gasteiger partial charge in [-0.05, 0) is 49.4 Å². The molecule has 2 atom stereocenters. The Balaban J connectivity index is 0.00000221. The van der Waals surface area contributed by atoms with Crippen LogP contribution in [0.5, 0.6) is 11.5 Å². The van der Waals surface area contributed by atoms with Gasteiger partial charge >= 0.3 is 0 Å². The number of pyridine rings is 1. The Morgan fingerprint density at radius 3 is 2.57 bits per heavy atom. The van der Waals surface area contributed by atoms with E-state index in [0.717, 1.165) is 10.6 Å². The number of hydrogen-bond donors (Lipinski definition) is 4. The molecule has 0 unspecified atom stereocenters. The fraction of sp³-hybridized carbons (Fsp3) is 0.179. The summed E-state index contributed by atoms with van der Waals surface area (Å²) >= 11 is 0. The van der Waals surface area contributed by atoms with Crippen molar-refractivity contribution in [3.05, 3.63) is 94.8 Å². The predicted octanol–water partition coefficient (Wildman–Crippen LogP) is 4.78. The van der Waals surface area contributed by atoms with Gasteiger partial charge in [0.15, 0.2) is 28.7 Å². The number of piperidine rings is 1. The maximum Gasteiger partial charge on any atom is 0.286 e. The third-order valence-electron chi connectivity index (χ3n) is 6.72. The van der Waals surface area contributed by atoms with Gasteiger partial charge in [0, 0.05) is 48.6 Å². The molecule has 3 aromatic heterocycles. The fourth-order valence-electron chi connectivity index (χ4n) is 4.61. The summed E-state index contributed by atoms with van der Waals surface area (Å²) in [4.78, 5) is 33.8. The number of carbonyl (C=O) groups excluding carboxylic acids is 1. The molecule has 0 aliphatic carbocycles. The predicted molar refractivity (Wildman–Crippen MR) is 162 cm³/mol. The Bertz CT molecular complexity index is 1840. The number of fused-ring (bicyclic) bond motifs is 1. The molecule has 1 aliphatic rings. The minimum Gasteiger partial charge on any atom is -0.453 e. The van der Waals surface area contributed by atoms with Crippen molar-refractivity contribution in [2.75, 3.05) is 23.7 Å². The Morgan fingerprint density at radius 1 is 1.02 bits per heavy atom. The van der Waals surface area contributed by atoms with Crippen LogP contribution in [0, 0.1) is 11.6 Å². The number of alkyl halides is 1. The number of ether oxygens (including phenoxy) is 1. The second-order valence-electron chi connectivity index (χ2n) is 9.49. The number of aromatic nitrogens is 5. The standard InChI is InChI=1S/C28H23F3N8O3.2ClH/c29-15-1-4-17(5-2-15)39-12-11-33-24(28(39)41)27(40)35-16-3-6-21(18(30)13-16)42-22-8-10-34-25-23(22)26(38-37-25)36-20-7-9-32-14-19(20)31;;/h1-6,8,10-13,19-20,32H,7,9,14H2,(H,35,40)(H2,34,36,37,38);2*1H/t19-,20-;;/m0../s1. The number of anilines is 2. The van der Waals surface area contributed by atoms with Crippen LogP contribution in [0.3, 0.4) is 0 Å². The molecule has 1 aliphatic heterocycles. The molecule has 1 fully saturated rings. The van der Waals surface area contributed by atoms with Crippen molar-refractivity contribution in [2.24, 2.45) is 0 Å². The summed E-state index contributed by atoms with van der Waals surface area (Å²) in [6.07, 6.45) is 3.48. The molecule has 4 heterocycles. The van der Waals surface area contributed by atoms with Gasteiger partial charge in [-0.2, -0.15) is 5.10 Å². The molecule has 0 bridgehead atoms. The molecule has 0 saturated carbocycles. The SMILES string of the molecule is Cl.Cl.O=C(Nc1ccc(Oc2ccnc3[nH]nc(N[C@H]4CCNC[C@@H]4F)c23)c(F)c1)c1nccn(-c2ccc(F)cc2)c1=O. The van der Waals surface area contributed by atoms with Crippen LogP contribution >= 0.6 is 24.8 Å². The average Bonchev–Trinajstić information content (AvgIpc) is 3.40. The number of aromatic amines is 1. The first kappa shape index (κ1) is 32.3. The topological polar surface area (TPSA) is 139 Å². The van der Waals surface area contributed by atoms with Crippen LogP contribution in [0.1, 0.15) is 16.9 Å². The highest BCUT2D eigenvalue weighted by atomic mass is 35.5. The lowest BCUT2D eigenvalue weighted by Crippen LogP contribution is -2.45. The normalized spacial score (nSPS) is 16.0. The minimum absolute atomic E-state index is 0. The zero-order valence-corrected chi connectivity index (χ0v) is 24.2. The Hall–Kier alpha value is -4.66. The van der Waals surface area contributed by atoms with Gasteiger partial charge in [-0.15, -0.1) is 24.8 Å². The lowest BCUT2D eigenvalue weighted by molar-refractivity contribution is 0.102. The van der Waals surface area contributed by atoms with E-state index in [9.17, 15) is 18.4 Å². The van der Waals surface area contributed by atoms with Crippen molar-refractivity contribution in [3.8, 4) is 17.2 Å². The number of nitrogens with one attached hydrogen (secondary N) is 4. The molecule has 0 radical (unpaired) electrons. The number of amides is 1. The summed E-state index contributed by atoms with van der Waals surface area (Å²) in [5, 5.41) is 15.9. The van der Waals surface area contributed by atoms with Crippen molar-refractivity contribution < 1.29 is 22.7 Å². The number of benzene rings is 2. The van der Waals surface area contributed by atoms with E-state index < -0.39 is 41.0 Å². The number of halogens is 5. The number of nitrogens with zero attached hydrogens (tertiary/aromatic N) is 4. The maximum absolute atomic E-state index is 15.1. The largest absolute Gasteiger partial charge is 0.453 e. The molecule has 4 N–H and O–H groups in total. The molecule has 5 aromatic rings. The third-order valence-corrected chi connectivity index (χ3v) is 6.72. The van der Waals surface area contributed by atoms with Gasteiger partial charge < -0.3 is 20.7 Å². The van der Waals surface area contributed by atoms with E-state index in [4.69, 9.17) is 4.74 Å². The first-order valence-electron chi connectivity index (χ1n) is 12.9. The summed E-state index contributed by atoms with van der Waals surface area (Å²) < 4.78 is 49.8. The third kappa shape index (κ3) is 6.61. The first-order chi connectivity index (χ1) is 20.4. The molecule has 11 nitrogen and oxygen atoms in total. The number of rotatable bonds is 7. The van der Waals surface area contributed by atoms with Gasteiger partial charge in [-0.25, -0.2) is 23.1 Å². The monoisotopic (exact) mass is 648 g/mol. The highest BCUT2D eigenvalue weighted by Crippen LogP contribution is 2.35. The molecular weight excluding hydrogens is 624 g/mol. The summed E-state index contributed by atoms with van der Waals surface area (Å²) in [5.41, 5.74) is -0.423. The van der Waals surface area contributed by atoms with Gasteiger partial charge in [0.1, 0.15) is 23.1 Å². The Kier molecular flexibility index (Phi) is 10.1. The number of hydrogen-bond acceptors (Lipinski definition) is 8. The maximum atomic E-state index is 15.1. The zero-order chi connectivity index (χ0) is 29.2. The van der Waals surface area contributed by atoms with E-state index >= 15 is 4.39 Å². The zero-order valence-electron chi connectivity index (χ0n) is 22.6. The molecule has 44 heavy (non-hydrogen) atoms. The van der Waals surface area contributed by atoms with E-state index in [0.29, 0.717) is 35.5 Å². The average molecular weight is 649 g/mol. The van der Waals surface area contributed by atoms with Crippen LogP contribution in [-0.4, -0.2) is 55.9 Å². The Morgan fingerprint density at radius 2 is 1.82 bits per heavy atom. The lowest BCUT2D eigenvalue weighted by atomic mass is 10.0. The van der Waals surface area contributed by atoms with Crippen LogP contribution in [0.2, 0.25) is 0 Å². The van der Waals surface area contributed by atoms with Crippen LogP contribution < -0.4 is 26.2 Å². The van der Waals surface area contributed by atoms with E-state index in [1.807, 2.05) is 0 Å². The minimum atomic E-state index is -1.12. The molecule has 2 aromatic carbocycles. The Labute approximate surface area is 260 Å². The number of carbonyl (C=O) groups is 1. The lowest BCUT2D eigenvalue weighted by Gasteiger charge is -2.27. The van der Waals surface area contributed by atoms with Crippen LogP contribution in [0.4, 0.5) is 24.7 Å². The quantitative estimate of drug-likeness (QED) is 0.198. The van der Waals surface area contributed by atoms with Crippen molar-refractivity contribution >= 4 is 53.3 Å². The van der Waals surface area contributed by atoms with Crippen molar-refractivity contribution in [2.45, 2.75) is 18.6 Å². The summed E-state index contributed by atoms with van der Waals surface area (Å²) in [6.45, 7) is 0.876. The molecule has 1 amide bonds. The fourth-order valence-corrected chi connectivity index (χ4v) is 4.61. The molecular formula is C28H25Cl2F3N8O3. The second-order valence-corrected chi connectivity index (χ2v) is 9.49. The van der Waals surface area contributed by atoms with Crippen LogP contribution in [-0.2, 0) is 0 Å². The van der Waals surface area contributed by atoms with E-state index in [1.54, 1.807) is 0 Å².